The minimum absolute atomic E-state index is 0.0472. The summed E-state index contributed by atoms with van der Waals surface area (Å²) in [6.45, 7) is 1.57. The van der Waals surface area contributed by atoms with Gasteiger partial charge in [0.15, 0.2) is 12.0 Å². The number of aryl methyl sites for hydroxylation is 1. The Hall–Kier alpha value is -3.65. The smallest absolute Gasteiger partial charge is 0.263 e. The van der Waals surface area contributed by atoms with E-state index < -0.39 is 5.91 Å². The molecule has 4 aromatic rings. The van der Waals surface area contributed by atoms with Crippen LogP contribution in [0.2, 0.25) is 0 Å². The lowest BCUT2D eigenvalue weighted by atomic mass is 10.1. The third-order valence-electron chi connectivity index (χ3n) is 4.53. The highest BCUT2D eigenvalue weighted by molar-refractivity contribution is 9.10. The van der Waals surface area contributed by atoms with Gasteiger partial charge < -0.3 is 19.6 Å². The zero-order valence-corrected chi connectivity index (χ0v) is 18.0. The number of amides is 1. The number of aromatic hydroxyl groups is 1. The summed E-state index contributed by atoms with van der Waals surface area (Å²) in [6.07, 6.45) is 1.60. The van der Waals surface area contributed by atoms with E-state index in [0.717, 1.165) is 15.6 Å². The first-order valence-corrected chi connectivity index (χ1v) is 10.1. The molecule has 0 aliphatic carbocycles. The number of phenolic OH excluding ortho intramolecular Hbond substituents is 1. The maximum atomic E-state index is 12.5. The number of carbonyl (C=O) groups is 1. The standard InChI is InChI=1S/C23H17BrN2O5/c1-13-7-21(25-11-16(13)24)26-22(29)12-30-15-8-17(27)23-18(28)10-19(31-20(23)9-15)14-5-3-2-4-6-14/h2-11,27H,12H2,1H3,(H,25,26,29). The van der Waals surface area contributed by atoms with Crippen LogP contribution in [0.1, 0.15) is 5.56 Å². The van der Waals surface area contributed by atoms with Gasteiger partial charge in [0.1, 0.15) is 34.0 Å². The average Bonchev–Trinajstić information content (AvgIpc) is 2.75. The SMILES string of the molecule is Cc1cc(NC(=O)COc2cc(O)c3c(=O)cc(-c4ccccc4)oc3c2)ncc1Br. The minimum atomic E-state index is -0.423. The maximum Gasteiger partial charge on any atom is 0.263 e. The highest BCUT2D eigenvalue weighted by atomic mass is 79.9. The summed E-state index contributed by atoms with van der Waals surface area (Å²) in [4.78, 5) is 28.8. The van der Waals surface area contributed by atoms with Gasteiger partial charge in [-0.1, -0.05) is 30.3 Å². The number of nitrogens with one attached hydrogen (secondary N) is 1. The van der Waals surface area contributed by atoms with Crippen molar-refractivity contribution in [1.82, 2.24) is 4.98 Å². The number of fused-ring (bicyclic) bond motifs is 1. The number of aromatic nitrogens is 1. The van der Waals surface area contributed by atoms with Crippen LogP contribution in [-0.2, 0) is 4.79 Å². The third kappa shape index (κ3) is 4.59. The van der Waals surface area contributed by atoms with Crippen LogP contribution in [0.5, 0.6) is 11.5 Å². The first-order chi connectivity index (χ1) is 14.9. The van der Waals surface area contributed by atoms with Crippen molar-refractivity contribution in [3.05, 3.63) is 81.1 Å². The maximum absolute atomic E-state index is 12.5. The summed E-state index contributed by atoms with van der Waals surface area (Å²) >= 11 is 3.35. The summed E-state index contributed by atoms with van der Waals surface area (Å²) in [5.74, 6) is 0.242. The normalized spacial score (nSPS) is 10.8. The van der Waals surface area contributed by atoms with E-state index in [0.29, 0.717) is 11.6 Å². The van der Waals surface area contributed by atoms with Gasteiger partial charge in [0, 0.05) is 34.4 Å². The molecule has 0 aliphatic heterocycles. The van der Waals surface area contributed by atoms with Gasteiger partial charge in [-0.2, -0.15) is 0 Å². The van der Waals surface area contributed by atoms with Crippen molar-refractivity contribution in [3.8, 4) is 22.8 Å². The van der Waals surface area contributed by atoms with E-state index in [1.807, 2.05) is 37.3 Å². The summed E-state index contributed by atoms with van der Waals surface area (Å²) in [7, 11) is 0. The number of rotatable bonds is 5. The molecule has 0 aliphatic rings. The zero-order chi connectivity index (χ0) is 22.0. The summed E-state index contributed by atoms with van der Waals surface area (Å²) < 4.78 is 12.2. The van der Waals surface area contributed by atoms with E-state index in [4.69, 9.17) is 9.15 Å². The largest absolute Gasteiger partial charge is 0.507 e. The van der Waals surface area contributed by atoms with Crippen LogP contribution in [0.4, 0.5) is 5.82 Å². The van der Waals surface area contributed by atoms with Gasteiger partial charge in [-0.15, -0.1) is 0 Å². The Labute approximate surface area is 185 Å². The van der Waals surface area contributed by atoms with Crippen molar-refractivity contribution in [1.29, 1.82) is 0 Å². The van der Waals surface area contributed by atoms with Gasteiger partial charge >= 0.3 is 0 Å². The van der Waals surface area contributed by atoms with Gasteiger partial charge in [-0.3, -0.25) is 9.59 Å². The van der Waals surface area contributed by atoms with Gasteiger partial charge in [0.25, 0.3) is 5.91 Å². The highest BCUT2D eigenvalue weighted by Gasteiger charge is 2.14. The van der Waals surface area contributed by atoms with E-state index in [1.54, 1.807) is 12.3 Å². The number of halogens is 1. The summed E-state index contributed by atoms with van der Waals surface area (Å²) in [6, 6.07) is 14.9. The van der Waals surface area contributed by atoms with Gasteiger partial charge in [-0.25, -0.2) is 4.98 Å². The van der Waals surface area contributed by atoms with Crippen LogP contribution < -0.4 is 15.5 Å². The molecule has 4 rings (SSSR count). The molecular weight excluding hydrogens is 464 g/mol. The Morgan fingerprint density at radius 1 is 1.19 bits per heavy atom. The molecule has 1 amide bonds. The van der Waals surface area contributed by atoms with Crippen molar-refractivity contribution in [2.45, 2.75) is 6.92 Å². The molecule has 2 aromatic heterocycles. The molecule has 0 spiro atoms. The predicted octanol–water partition coefficient (Wildman–Crippen LogP) is 4.65. The molecule has 0 saturated heterocycles. The lowest BCUT2D eigenvalue weighted by Gasteiger charge is -2.10. The number of nitrogens with zero attached hydrogens (tertiary/aromatic N) is 1. The minimum Gasteiger partial charge on any atom is -0.507 e. The fourth-order valence-corrected chi connectivity index (χ4v) is 3.22. The second-order valence-corrected chi connectivity index (χ2v) is 7.67. The average molecular weight is 481 g/mol. The van der Waals surface area contributed by atoms with Crippen molar-refractivity contribution < 1.29 is 19.1 Å². The molecule has 2 N–H and O–H groups in total. The molecule has 0 saturated carbocycles. The molecule has 0 radical (unpaired) electrons. The molecule has 0 bridgehead atoms. The lowest BCUT2D eigenvalue weighted by Crippen LogP contribution is -2.20. The number of anilines is 1. The first-order valence-electron chi connectivity index (χ1n) is 9.32. The van der Waals surface area contributed by atoms with E-state index >= 15 is 0 Å². The molecule has 7 nitrogen and oxygen atoms in total. The fraction of sp³-hybridized carbons (Fsp3) is 0.0870. The molecule has 156 valence electrons. The van der Waals surface area contributed by atoms with Crippen molar-refractivity contribution in [3.63, 3.8) is 0 Å². The Kier molecular flexibility index (Phi) is 5.73. The Bertz CT molecular complexity index is 1340. The van der Waals surface area contributed by atoms with Gasteiger partial charge in [-0.05, 0) is 34.5 Å². The molecular formula is C23H17BrN2O5. The topological polar surface area (TPSA) is 102 Å². The lowest BCUT2D eigenvalue weighted by molar-refractivity contribution is -0.118. The number of pyridine rings is 1. The number of benzene rings is 2. The number of hydrogen-bond acceptors (Lipinski definition) is 6. The van der Waals surface area contributed by atoms with Crippen molar-refractivity contribution >= 4 is 38.6 Å². The second kappa shape index (κ2) is 8.61. The molecule has 8 heteroatoms. The number of phenols is 1. The summed E-state index contributed by atoms with van der Waals surface area (Å²) in [5, 5.41) is 13.0. The third-order valence-corrected chi connectivity index (χ3v) is 5.36. The van der Waals surface area contributed by atoms with Crippen molar-refractivity contribution in [2.75, 3.05) is 11.9 Å². The van der Waals surface area contributed by atoms with Crippen LogP contribution in [0.25, 0.3) is 22.3 Å². The Morgan fingerprint density at radius 2 is 1.97 bits per heavy atom. The Morgan fingerprint density at radius 3 is 2.71 bits per heavy atom. The highest BCUT2D eigenvalue weighted by Crippen LogP contribution is 2.31. The van der Waals surface area contributed by atoms with Crippen LogP contribution in [0, 0.1) is 6.92 Å². The number of carbonyl (C=O) groups excluding carboxylic acids is 1. The molecule has 31 heavy (non-hydrogen) atoms. The van der Waals surface area contributed by atoms with E-state index in [1.165, 1.54) is 18.2 Å². The molecule has 2 heterocycles. The van der Waals surface area contributed by atoms with Crippen molar-refractivity contribution in [2.24, 2.45) is 0 Å². The Balaban J connectivity index is 1.55. The van der Waals surface area contributed by atoms with E-state index in [-0.39, 0.29) is 34.5 Å². The monoisotopic (exact) mass is 480 g/mol. The predicted molar refractivity (Wildman–Crippen MR) is 120 cm³/mol. The quantitative estimate of drug-likeness (QED) is 0.431. The fourth-order valence-electron chi connectivity index (χ4n) is 3.01. The molecule has 0 unspecified atom stereocenters. The van der Waals surface area contributed by atoms with E-state index in [9.17, 15) is 14.7 Å². The van der Waals surface area contributed by atoms with E-state index in [2.05, 4.69) is 26.2 Å². The molecule has 0 atom stereocenters. The zero-order valence-electron chi connectivity index (χ0n) is 16.4. The molecule has 0 fully saturated rings. The van der Waals surface area contributed by atoms with Crippen LogP contribution in [0.15, 0.2) is 74.5 Å². The first kappa shape index (κ1) is 20.6. The van der Waals surface area contributed by atoms with Crippen LogP contribution in [0.3, 0.4) is 0 Å². The number of hydrogen-bond donors (Lipinski definition) is 2. The number of ether oxygens (including phenoxy) is 1. The van der Waals surface area contributed by atoms with Crippen LogP contribution in [-0.4, -0.2) is 22.6 Å². The van der Waals surface area contributed by atoms with Gasteiger partial charge in [0.2, 0.25) is 0 Å². The second-order valence-electron chi connectivity index (χ2n) is 6.81. The summed E-state index contributed by atoms with van der Waals surface area (Å²) in [5.41, 5.74) is 1.43. The molecule has 2 aromatic carbocycles. The van der Waals surface area contributed by atoms with Crippen LogP contribution >= 0.6 is 15.9 Å². The van der Waals surface area contributed by atoms with Gasteiger partial charge in [0.05, 0.1) is 0 Å².